The van der Waals surface area contributed by atoms with Crippen LogP contribution in [0.2, 0.25) is 5.02 Å². The SMILES string of the molecule is Cc1ccc(-n2c(SCc3cc(F)cc(F)c3)nnc2-c2ccccc2Cl)cc1. The molecule has 0 unspecified atom stereocenters. The third-order valence-electron chi connectivity index (χ3n) is 4.33. The number of rotatable bonds is 5. The highest BCUT2D eigenvalue weighted by molar-refractivity contribution is 7.98. The zero-order valence-corrected chi connectivity index (χ0v) is 17.0. The first kappa shape index (κ1) is 19.6. The predicted octanol–water partition coefficient (Wildman–Crippen LogP) is 6.47. The van der Waals surface area contributed by atoms with Crippen LogP contribution in [0.3, 0.4) is 0 Å². The molecule has 4 rings (SSSR count). The summed E-state index contributed by atoms with van der Waals surface area (Å²) in [5.41, 5.74) is 3.30. The summed E-state index contributed by atoms with van der Waals surface area (Å²) in [6.45, 7) is 2.01. The molecular formula is C22H16ClF2N3S. The number of nitrogens with zero attached hydrogens (tertiary/aromatic N) is 3. The van der Waals surface area contributed by atoms with Crippen molar-refractivity contribution in [3.05, 3.63) is 94.5 Å². The Morgan fingerprint density at radius 2 is 1.62 bits per heavy atom. The number of benzene rings is 3. The fourth-order valence-corrected chi connectivity index (χ4v) is 4.05. The molecule has 0 fully saturated rings. The summed E-state index contributed by atoms with van der Waals surface area (Å²) >= 11 is 7.74. The minimum absolute atomic E-state index is 0.348. The van der Waals surface area contributed by atoms with Crippen LogP contribution in [0.5, 0.6) is 0 Å². The molecule has 29 heavy (non-hydrogen) atoms. The van der Waals surface area contributed by atoms with Gasteiger partial charge >= 0.3 is 0 Å². The molecule has 0 aliphatic rings. The summed E-state index contributed by atoms with van der Waals surface area (Å²) in [5.74, 6) is -0.247. The van der Waals surface area contributed by atoms with E-state index < -0.39 is 11.6 Å². The maximum Gasteiger partial charge on any atom is 0.196 e. The first-order valence-corrected chi connectivity index (χ1v) is 10.2. The average Bonchev–Trinajstić information content (AvgIpc) is 3.10. The molecule has 0 radical (unpaired) electrons. The van der Waals surface area contributed by atoms with E-state index in [4.69, 9.17) is 11.6 Å². The highest BCUT2D eigenvalue weighted by Gasteiger charge is 2.18. The van der Waals surface area contributed by atoms with Gasteiger partial charge in [0.15, 0.2) is 11.0 Å². The number of thioether (sulfide) groups is 1. The third-order valence-corrected chi connectivity index (χ3v) is 5.66. The molecule has 0 amide bonds. The standard InChI is InChI=1S/C22H16ClF2N3S/c1-14-6-8-18(9-7-14)28-21(19-4-2-3-5-20(19)23)26-27-22(28)29-13-15-10-16(24)12-17(25)11-15/h2-12H,13H2,1H3. The van der Waals surface area contributed by atoms with E-state index in [1.165, 1.54) is 23.9 Å². The number of hydrogen-bond acceptors (Lipinski definition) is 3. The fraction of sp³-hybridized carbons (Fsp3) is 0.0909. The number of aromatic nitrogens is 3. The van der Waals surface area contributed by atoms with Crippen LogP contribution < -0.4 is 0 Å². The Hall–Kier alpha value is -2.70. The normalized spacial score (nSPS) is 11.0. The Labute approximate surface area is 176 Å². The van der Waals surface area contributed by atoms with Gasteiger partial charge in [-0.2, -0.15) is 0 Å². The Morgan fingerprint density at radius 3 is 2.31 bits per heavy atom. The molecule has 0 atom stereocenters. The minimum atomic E-state index is -0.600. The van der Waals surface area contributed by atoms with Crippen molar-refractivity contribution >= 4 is 23.4 Å². The van der Waals surface area contributed by atoms with E-state index in [0.717, 1.165) is 22.9 Å². The van der Waals surface area contributed by atoms with Gasteiger partial charge < -0.3 is 0 Å². The summed E-state index contributed by atoms with van der Waals surface area (Å²) < 4.78 is 28.9. The Morgan fingerprint density at radius 1 is 0.931 bits per heavy atom. The molecule has 0 spiro atoms. The van der Waals surface area contributed by atoms with E-state index in [1.54, 1.807) is 6.07 Å². The van der Waals surface area contributed by atoms with Crippen molar-refractivity contribution in [2.75, 3.05) is 0 Å². The molecule has 7 heteroatoms. The van der Waals surface area contributed by atoms with Crippen LogP contribution in [0.1, 0.15) is 11.1 Å². The first-order valence-electron chi connectivity index (χ1n) is 8.86. The number of halogens is 3. The van der Waals surface area contributed by atoms with Crippen LogP contribution in [0.25, 0.3) is 17.1 Å². The summed E-state index contributed by atoms with van der Waals surface area (Å²) in [4.78, 5) is 0. The zero-order chi connectivity index (χ0) is 20.4. The van der Waals surface area contributed by atoms with E-state index in [9.17, 15) is 8.78 Å². The Balaban J connectivity index is 1.75. The predicted molar refractivity (Wildman–Crippen MR) is 112 cm³/mol. The van der Waals surface area contributed by atoms with Gasteiger partial charge in [-0.25, -0.2) is 8.78 Å². The smallest absolute Gasteiger partial charge is 0.196 e. The van der Waals surface area contributed by atoms with Gasteiger partial charge in [0, 0.05) is 23.1 Å². The van der Waals surface area contributed by atoms with Crippen molar-refractivity contribution in [1.29, 1.82) is 0 Å². The van der Waals surface area contributed by atoms with Crippen LogP contribution >= 0.6 is 23.4 Å². The van der Waals surface area contributed by atoms with E-state index in [0.29, 0.717) is 27.3 Å². The van der Waals surface area contributed by atoms with Crippen LogP contribution in [-0.4, -0.2) is 14.8 Å². The monoisotopic (exact) mass is 427 g/mol. The lowest BCUT2D eigenvalue weighted by atomic mass is 10.2. The lowest BCUT2D eigenvalue weighted by Crippen LogP contribution is -2.00. The minimum Gasteiger partial charge on any atom is -0.270 e. The zero-order valence-electron chi connectivity index (χ0n) is 15.4. The van der Waals surface area contributed by atoms with Crippen LogP contribution in [-0.2, 0) is 5.75 Å². The molecule has 1 aromatic heterocycles. The van der Waals surface area contributed by atoms with Gasteiger partial charge in [-0.05, 0) is 48.9 Å². The van der Waals surface area contributed by atoms with Crippen LogP contribution in [0.4, 0.5) is 8.78 Å². The largest absolute Gasteiger partial charge is 0.270 e. The highest BCUT2D eigenvalue weighted by atomic mass is 35.5. The second-order valence-corrected chi connectivity index (χ2v) is 7.87. The van der Waals surface area contributed by atoms with Crippen molar-refractivity contribution in [1.82, 2.24) is 14.8 Å². The van der Waals surface area contributed by atoms with Gasteiger partial charge in [-0.3, -0.25) is 4.57 Å². The maximum atomic E-state index is 13.5. The van der Waals surface area contributed by atoms with Gasteiger partial charge in [0.1, 0.15) is 11.6 Å². The average molecular weight is 428 g/mol. The molecular weight excluding hydrogens is 412 g/mol. The summed E-state index contributed by atoms with van der Waals surface area (Å²) in [7, 11) is 0. The Kier molecular flexibility index (Phi) is 5.65. The number of aryl methyl sites for hydroxylation is 1. The van der Waals surface area contributed by atoms with Crippen molar-refractivity contribution in [3.63, 3.8) is 0 Å². The second kappa shape index (κ2) is 8.35. The second-order valence-electron chi connectivity index (χ2n) is 6.52. The molecule has 4 aromatic rings. The molecule has 0 N–H and O–H groups in total. The quantitative estimate of drug-likeness (QED) is 0.342. The van der Waals surface area contributed by atoms with E-state index in [-0.39, 0.29) is 0 Å². The summed E-state index contributed by atoms with van der Waals surface area (Å²) in [6, 6.07) is 18.9. The molecule has 0 saturated carbocycles. The molecule has 0 bridgehead atoms. The lowest BCUT2D eigenvalue weighted by Gasteiger charge is -2.11. The van der Waals surface area contributed by atoms with Gasteiger partial charge in [-0.1, -0.05) is 53.2 Å². The lowest BCUT2D eigenvalue weighted by molar-refractivity contribution is 0.581. The van der Waals surface area contributed by atoms with Gasteiger partial charge in [-0.15, -0.1) is 10.2 Å². The summed E-state index contributed by atoms with van der Waals surface area (Å²) in [5, 5.41) is 9.85. The van der Waals surface area contributed by atoms with E-state index in [2.05, 4.69) is 10.2 Å². The van der Waals surface area contributed by atoms with Crippen molar-refractivity contribution in [2.24, 2.45) is 0 Å². The first-order chi connectivity index (χ1) is 14.0. The molecule has 0 aliphatic carbocycles. The molecule has 0 aliphatic heterocycles. The highest BCUT2D eigenvalue weighted by Crippen LogP contribution is 2.33. The third kappa shape index (κ3) is 4.33. The van der Waals surface area contributed by atoms with Crippen LogP contribution in [0.15, 0.2) is 71.9 Å². The van der Waals surface area contributed by atoms with E-state index >= 15 is 0 Å². The maximum absolute atomic E-state index is 13.5. The molecule has 3 aromatic carbocycles. The topological polar surface area (TPSA) is 30.7 Å². The molecule has 146 valence electrons. The molecule has 0 saturated heterocycles. The van der Waals surface area contributed by atoms with Crippen LogP contribution in [0, 0.1) is 18.6 Å². The summed E-state index contributed by atoms with van der Waals surface area (Å²) in [6.07, 6.45) is 0. The molecule has 3 nitrogen and oxygen atoms in total. The van der Waals surface area contributed by atoms with Crippen molar-refractivity contribution < 1.29 is 8.78 Å². The van der Waals surface area contributed by atoms with Crippen molar-refractivity contribution in [2.45, 2.75) is 17.8 Å². The van der Waals surface area contributed by atoms with Gasteiger partial charge in [0.2, 0.25) is 0 Å². The van der Waals surface area contributed by atoms with Crippen molar-refractivity contribution in [3.8, 4) is 17.1 Å². The molecule has 1 heterocycles. The Bertz CT molecular complexity index is 1140. The fourth-order valence-electron chi connectivity index (χ4n) is 2.95. The van der Waals surface area contributed by atoms with Gasteiger partial charge in [0.05, 0.1) is 5.02 Å². The number of hydrogen-bond donors (Lipinski definition) is 0. The van der Waals surface area contributed by atoms with E-state index in [1.807, 2.05) is 54.0 Å². The van der Waals surface area contributed by atoms with Gasteiger partial charge in [0.25, 0.3) is 0 Å².